The third kappa shape index (κ3) is 5.64. The van der Waals surface area contributed by atoms with Crippen molar-refractivity contribution in [3.05, 3.63) is 53.6 Å². The molecule has 2 aromatic carbocycles. The summed E-state index contributed by atoms with van der Waals surface area (Å²) in [6.07, 6.45) is -0.712. The molecule has 1 aliphatic rings. The Morgan fingerprint density at radius 1 is 1.06 bits per heavy atom. The largest absolute Gasteiger partial charge is 0.481 e. The molecule has 0 radical (unpaired) electrons. The number of aryl methyl sites for hydroxylation is 1. The highest BCUT2D eigenvalue weighted by atomic mass is 32.2. The van der Waals surface area contributed by atoms with Gasteiger partial charge in [0, 0.05) is 18.8 Å². The van der Waals surface area contributed by atoms with Crippen LogP contribution in [0.2, 0.25) is 0 Å². The van der Waals surface area contributed by atoms with Gasteiger partial charge in [-0.25, -0.2) is 8.42 Å². The molecule has 2 aromatic rings. The number of benzene rings is 2. The van der Waals surface area contributed by atoms with E-state index >= 15 is 0 Å². The number of nitrogens with one attached hydrogen (secondary N) is 1. The van der Waals surface area contributed by atoms with E-state index in [-0.39, 0.29) is 16.7 Å². The standard InChI is InChI=1S/C23H30N2O5S/c1-16(2)21-10-5-17(3)15-22(21)30-18(4)23(26)24-19-6-8-20(9-7-19)31(27,28)25-11-13-29-14-12-25/h5-10,15-16,18H,11-14H2,1-4H3,(H,24,26)/t18-/m0/s1. The number of ether oxygens (including phenoxy) is 2. The molecule has 31 heavy (non-hydrogen) atoms. The zero-order valence-electron chi connectivity index (χ0n) is 18.4. The zero-order chi connectivity index (χ0) is 22.6. The van der Waals surface area contributed by atoms with Gasteiger partial charge in [-0.1, -0.05) is 26.0 Å². The lowest BCUT2D eigenvalue weighted by Crippen LogP contribution is -2.40. The molecule has 0 aliphatic carbocycles. The van der Waals surface area contributed by atoms with Crippen LogP contribution in [0.15, 0.2) is 47.4 Å². The molecule has 1 N–H and O–H groups in total. The summed E-state index contributed by atoms with van der Waals surface area (Å²) in [5.74, 6) is 0.663. The van der Waals surface area contributed by atoms with Gasteiger partial charge in [0.1, 0.15) is 5.75 Å². The Morgan fingerprint density at radius 2 is 1.71 bits per heavy atom. The number of rotatable bonds is 7. The smallest absolute Gasteiger partial charge is 0.265 e. The Labute approximate surface area is 184 Å². The van der Waals surface area contributed by atoms with Crippen molar-refractivity contribution in [3.63, 3.8) is 0 Å². The van der Waals surface area contributed by atoms with E-state index in [4.69, 9.17) is 9.47 Å². The van der Waals surface area contributed by atoms with Gasteiger partial charge in [-0.3, -0.25) is 4.79 Å². The van der Waals surface area contributed by atoms with Crippen LogP contribution < -0.4 is 10.1 Å². The molecule has 0 aromatic heterocycles. The highest BCUT2D eigenvalue weighted by Gasteiger charge is 2.26. The highest BCUT2D eigenvalue weighted by molar-refractivity contribution is 7.89. The van der Waals surface area contributed by atoms with Crippen molar-refractivity contribution in [3.8, 4) is 5.75 Å². The normalized spacial score (nSPS) is 16.2. The van der Waals surface area contributed by atoms with E-state index in [1.807, 2.05) is 25.1 Å². The predicted molar refractivity (Wildman–Crippen MR) is 120 cm³/mol. The first-order valence-electron chi connectivity index (χ1n) is 10.4. The molecule has 7 nitrogen and oxygen atoms in total. The monoisotopic (exact) mass is 446 g/mol. The maximum Gasteiger partial charge on any atom is 0.265 e. The van der Waals surface area contributed by atoms with Crippen LogP contribution in [0.1, 0.15) is 37.8 Å². The maximum absolute atomic E-state index is 12.7. The number of sulfonamides is 1. The summed E-state index contributed by atoms with van der Waals surface area (Å²) >= 11 is 0. The van der Waals surface area contributed by atoms with Gasteiger partial charge < -0.3 is 14.8 Å². The summed E-state index contributed by atoms with van der Waals surface area (Å²) < 4.78 is 38.0. The first-order chi connectivity index (χ1) is 14.7. The average Bonchev–Trinajstić information content (AvgIpc) is 2.74. The minimum Gasteiger partial charge on any atom is -0.481 e. The van der Waals surface area contributed by atoms with Crippen LogP contribution in [-0.2, 0) is 19.6 Å². The SMILES string of the molecule is Cc1ccc(C(C)C)c(O[C@@H](C)C(=O)Nc2ccc(S(=O)(=O)N3CCOCC3)cc2)c1. The fourth-order valence-corrected chi connectivity index (χ4v) is 4.76. The van der Waals surface area contributed by atoms with Gasteiger partial charge in [0.25, 0.3) is 5.91 Å². The van der Waals surface area contributed by atoms with Gasteiger partial charge in [0.15, 0.2) is 6.10 Å². The van der Waals surface area contributed by atoms with Crippen molar-refractivity contribution < 1.29 is 22.7 Å². The molecule has 1 atom stereocenters. The molecule has 8 heteroatoms. The predicted octanol–water partition coefficient (Wildman–Crippen LogP) is 3.55. The molecule has 0 unspecified atom stereocenters. The Bertz CT molecular complexity index is 1010. The lowest BCUT2D eigenvalue weighted by molar-refractivity contribution is -0.122. The Kier molecular flexibility index (Phi) is 7.35. The van der Waals surface area contributed by atoms with Crippen molar-refractivity contribution in [1.82, 2.24) is 4.31 Å². The molecular formula is C23H30N2O5S. The van der Waals surface area contributed by atoms with Crippen molar-refractivity contribution in [2.45, 2.75) is 44.6 Å². The topological polar surface area (TPSA) is 84.9 Å². The first-order valence-corrected chi connectivity index (χ1v) is 11.9. The van der Waals surface area contributed by atoms with Crippen molar-refractivity contribution >= 4 is 21.6 Å². The molecule has 1 heterocycles. The molecule has 3 rings (SSSR count). The van der Waals surface area contributed by atoms with Gasteiger partial charge in [-0.05, 0) is 61.2 Å². The Hall–Kier alpha value is -2.42. The second kappa shape index (κ2) is 9.80. The fourth-order valence-electron chi connectivity index (χ4n) is 3.35. The quantitative estimate of drug-likeness (QED) is 0.703. The number of nitrogens with zero attached hydrogens (tertiary/aromatic N) is 1. The second-order valence-electron chi connectivity index (χ2n) is 7.99. The van der Waals surface area contributed by atoms with Gasteiger partial charge in [-0.15, -0.1) is 0 Å². The van der Waals surface area contributed by atoms with Gasteiger partial charge in [0.05, 0.1) is 18.1 Å². The molecule has 0 bridgehead atoms. The number of carbonyl (C=O) groups is 1. The molecule has 0 spiro atoms. The molecule has 1 amide bonds. The van der Waals surface area contributed by atoms with E-state index in [0.29, 0.717) is 37.7 Å². The highest BCUT2D eigenvalue weighted by Crippen LogP contribution is 2.28. The zero-order valence-corrected chi connectivity index (χ0v) is 19.2. The van der Waals surface area contributed by atoms with E-state index in [0.717, 1.165) is 11.1 Å². The summed E-state index contributed by atoms with van der Waals surface area (Å²) in [7, 11) is -3.57. The summed E-state index contributed by atoms with van der Waals surface area (Å²) in [5.41, 5.74) is 2.61. The van der Waals surface area contributed by atoms with E-state index in [1.54, 1.807) is 19.1 Å². The van der Waals surface area contributed by atoms with E-state index in [2.05, 4.69) is 19.2 Å². The number of carbonyl (C=O) groups excluding carboxylic acids is 1. The van der Waals surface area contributed by atoms with Crippen LogP contribution in [0.5, 0.6) is 5.75 Å². The van der Waals surface area contributed by atoms with Crippen molar-refractivity contribution in [1.29, 1.82) is 0 Å². The summed E-state index contributed by atoms with van der Waals surface area (Å²) in [5, 5.41) is 2.79. The fraction of sp³-hybridized carbons (Fsp3) is 0.435. The molecular weight excluding hydrogens is 416 g/mol. The molecule has 168 valence electrons. The van der Waals surface area contributed by atoms with Gasteiger partial charge in [-0.2, -0.15) is 4.31 Å². The second-order valence-corrected chi connectivity index (χ2v) is 9.92. The van der Waals surface area contributed by atoms with Crippen molar-refractivity contribution in [2.75, 3.05) is 31.6 Å². The average molecular weight is 447 g/mol. The van der Waals surface area contributed by atoms with E-state index < -0.39 is 16.1 Å². The molecule has 0 saturated carbocycles. The van der Waals surface area contributed by atoms with Crippen LogP contribution >= 0.6 is 0 Å². The minimum atomic E-state index is -3.57. The number of morpholine rings is 1. The van der Waals surface area contributed by atoms with Crippen LogP contribution in [0.25, 0.3) is 0 Å². The third-order valence-corrected chi connectivity index (χ3v) is 7.11. The molecule has 1 saturated heterocycles. The Morgan fingerprint density at radius 3 is 2.32 bits per heavy atom. The summed E-state index contributed by atoms with van der Waals surface area (Å²) in [4.78, 5) is 12.8. The van der Waals surface area contributed by atoms with Crippen LogP contribution in [0, 0.1) is 6.92 Å². The summed E-state index contributed by atoms with van der Waals surface area (Å²) in [6.45, 7) is 9.30. The summed E-state index contributed by atoms with van der Waals surface area (Å²) in [6, 6.07) is 12.2. The van der Waals surface area contributed by atoms with Crippen LogP contribution in [0.3, 0.4) is 0 Å². The lowest BCUT2D eigenvalue weighted by atomic mass is 10.0. The minimum absolute atomic E-state index is 0.193. The van der Waals surface area contributed by atoms with E-state index in [9.17, 15) is 13.2 Å². The maximum atomic E-state index is 12.7. The number of hydrogen-bond acceptors (Lipinski definition) is 5. The van der Waals surface area contributed by atoms with Gasteiger partial charge >= 0.3 is 0 Å². The number of amides is 1. The number of anilines is 1. The molecule has 1 aliphatic heterocycles. The third-order valence-electron chi connectivity index (χ3n) is 5.19. The van der Waals surface area contributed by atoms with E-state index in [1.165, 1.54) is 16.4 Å². The first kappa shape index (κ1) is 23.2. The van der Waals surface area contributed by atoms with Crippen LogP contribution in [-0.4, -0.2) is 51.0 Å². The van der Waals surface area contributed by atoms with Crippen molar-refractivity contribution in [2.24, 2.45) is 0 Å². The van der Waals surface area contributed by atoms with Crippen LogP contribution in [0.4, 0.5) is 5.69 Å². The molecule has 1 fully saturated rings. The van der Waals surface area contributed by atoms with Gasteiger partial charge in [0.2, 0.25) is 10.0 Å². The lowest BCUT2D eigenvalue weighted by Gasteiger charge is -2.26. The number of hydrogen-bond donors (Lipinski definition) is 1. The Balaban J connectivity index is 1.66.